The summed E-state index contributed by atoms with van der Waals surface area (Å²) in [5.41, 5.74) is 55.0. The van der Waals surface area contributed by atoms with Crippen molar-refractivity contribution in [2.45, 2.75) is 57.3 Å². The molecule has 0 spiro atoms. The number of hydrogen-bond acceptors (Lipinski definition) is 25. The van der Waals surface area contributed by atoms with Crippen LogP contribution in [0.15, 0.2) is 286 Å². The minimum Gasteiger partial charge on any atom is -0.382 e. The Morgan fingerprint density at radius 3 is 0.878 bits per heavy atom. The van der Waals surface area contributed by atoms with Crippen LogP contribution in [0.5, 0.6) is 0 Å². The summed E-state index contributed by atoms with van der Waals surface area (Å²) in [6.45, 7) is 1.78. The van der Waals surface area contributed by atoms with Crippen LogP contribution >= 0.6 is 58.0 Å². The summed E-state index contributed by atoms with van der Waals surface area (Å²) in [7, 11) is 9.32. The van der Waals surface area contributed by atoms with Crippen molar-refractivity contribution in [3.8, 4) is 148 Å². The van der Waals surface area contributed by atoms with E-state index in [0.29, 0.717) is 152 Å². The van der Waals surface area contributed by atoms with E-state index in [1.807, 2.05) is 266 Å². The average Bonchev–Trinajstić information content (AvgIpc) is 1.71. The highest BCUT2D eigenvalue weighted by molar-refractivity contribution is 6.37. The number of aryl methyl sites for hydroxylation is 5. The lowest BCUT2D eigenvalue weighted by Gasteiger charge is -2.26. The van der Waals surface area contributed by atoms with Crippen molar-refractivity contribution in [1.82, 2.24) is 124 Å². The summed E-state index contributed by atoms with van der Waals surface area (Å²) < 4.78 is 8.65. The number of hydrogen-bond donors (Lipinski definition) is 5. The highest BCUT2D eigenvalue weighted by Gasteiger charge is 2.33. The highest BCUT2D eigenvalue weighted by Crippen LogP contribution is 2.47. The molecule has 23 aromatic rings. The highest BCUT2D eigenvalue weighted by atomic mass is 35.5. The second-order valence-electron chi connectivity index (χ2n) is 35.4. The Kier molecular flexibility index (Phi) is 26.8. The van der Waals surface area contributed by atoms with Gasteiger partial charge in [0, 0.05) is 175 Å². The van der Waals surface area contributed by atoms with E-state index in [9.17, 15) is 0 Å². The van der Waals surface area contributed by atoms with Crippen molar-refractivity contribution < 1.29 is 0 Å². The monoisotopic (exact) mass is 2030 g/mol. The van der Waals surface area contributed by atoms with Gasteiger partial charge in [-0.05, 0) is 171 Å². The number of fused-ring (bicyclic) bond motifs is 6. The fourth-order valence-electron chi connectivity index (χ4n) is 17.6. The van der Waals surface area contributed by atoms with Gasteiger partial charge in [-0.3, -0.25) is 48.3 Å². The maximum Gasteiger partial charge on any atom is 0.150 e. The number of pyridine rings is 5. The van der Waals surface area contributed by atoms with Gasteiger partial charge in [-0.25, -0.2) is 49.8 Å². The van der Waals surface area contributed by atoms with Gasteiger partial charge in [-0.2, -0.15) is 25.5 Å². The number of nitrogens with zero attached hydrogens (tertiary/aromatic N) is 25. The minimum absolute atomic E-state index is 0.341. The van der Waals surface area contributed by atoms with Crippen molar-refractivity contribution in [3.05, 3.63) is 329 Å². The third-order valence-electron chi connectivity index (χ3n) is 25.1. The van der Waals surface area contributed by atoms with Crippen molar-refractivity contribution in [2.24, 2.45) is 35.2 Å². The number of rotatable bonds is 15. The van der Waals surface area contributed by atoms with Crippen molar-refractivity contribution >= 4 is 152 Å². The second kappa shape index (κ2) is 41.1. The van der Waals surface area contributed by atoms with E-state index in [-0.39, 0.29) is 0 Å². The first-order valence-corrected chi connectivity index (χ1v) is 48.9. The van der Waals surface area contributed by atoms with E-state index in [0.717, 1.165) is 164 Å². The number of benzene rings is 8. The number of anilines is 5. The van der Waals surface area contributed by atoms with Crippen molar-refractivity contribution in [1.29, 1.82) is 0 Å². The van der Waals surface area contributed by atoms with E-state index in [1.54, 1.807) is 61.3 Å². The lowest BCUT2D eigenvalue weighted by atomic mass is 9.82. The Bertz CT molecular complexity index is 9110. The maximum atomic E-state index is 6.61. The van der Waals surface area contributed by atoms with Crippen LogP contribution < -0.4 is 28.7 Å². The summed E-state index contributed by atoms with van der Waals surface area (Å²) in [5.74, 6) is 8.64. The van der Waals surface area contributed by atoms with Crippen LogP contribution in [0.4, 0.5) is 29.1 Å². The Labute approximate surface area is 867 Å². The van der Waals surface area contributed by atoms with Gasteiger partial charge in [0.1, 0.15) is 85.8 Å². The van der Waals surface area contributed by atoms with Gasteiger partial charge >= 0.3 is 0 Å². The number of nitrogens with two attached hydrogens (primary N) is 5. The van der Waals surface area contributed by atoms with E-state index in [2.05, 4.69) is 96.5 Å². The van der Waals surface area contributed by atoms with Crippen molar-refractivity contribution in [3.63, 3.8) is 0 Å². The largest absolute Gasteiger partial charge is 0.382 e. The van der Waals surface area contributed by atoms with E-state index < -0.39 is 0 Å². The molecular weight excluding hydrogens is 1940 g/mol. The first-order chi connectivity index (χ1) is 71.4. The molecular formula is C112H89Cl5N30. The molecule has 0 atom stereocenters. The standard InChI is InChI=1S/C27H19ClN6.C23H17ClN6.C21H19ClN6.C21H17ClN6.C20H17ClN6/c1-34-12-10-22(33-34)26-24(20-14-18-7-4-11-30-23(18)21(28)15-20)31-25(27(29)32-26)19-9-8-16-5-2-3-6-17(16)13-19;1-30-11-9-18(29-30)22-20(16-12-15-8-5-10-26-19(15)17(24)13-16)27-21(23(25)28-22)14-6-3-2-4-7-14;1-28-9-7-16(27-28)20-18(25-19(21(23)26-20)12-4-2-5-12)14-10-13-6-3-8-24-17(13)15(22)11-14;1-3-4-7-17-21(23)26-20(16-8-10-28(2)27-16)19(25-17)14-11-13-6-5-9-24-18(13)15(22)12-14;1-27-8-6-15(26-27)19-17(24-18(11-4-5-11)20(22)25-19)13-9-12-3-2-7-23-16(12)14(21)10-13/h2-15H,1H3,(H2,29,32);2-13H,1H3,(H2,25,28);3,6-12H,2,4-5H2,1H3,(H2,23,26);5-6,8-12H,7H2,1-2H3,(H2,23,26);2-3,6-11H,4-5H2,1H3,(H2,22,25). The molecule has 0 saturated heterocycles. The molecule has 30 nitrogen and oxygen atoms in total. The second-order valence-corrected chi connectivity index (χ2v) is 37.5. The SMILES string of the molecule is CC#CCc1nc(-c2cc(Cl)c3ncccc3c2)c(-c2ccn(C)n2)nc1N.Cn1ccc(-c2nc(N)c(-c3ccc4ccccc4c3)nc2-c2cc(Cl)c3ncccc3c2)n1.Cn1ccc(-c2nc(N)c(-c3ccccc3)nc2-c2cc(Cl)c3ncccc3c2)n1.Cn1ccc(-c2nc(N)c(C3CC3)nc2-c2cc(Cl)c3ncccc3c2)n1.Cn1ccc(-c2nc(N)c(C3CCC3)nc2-c2cc(Cl)c3ncccc3c2)n1. The van der Waals surface area contributed by atoms with Gasteiger partial charge in [-0.1, -0.05) is 167 Å². The first-order valence-electron chi connectivity index (χ1n) is 47.0. The van der Waals surface area contributed by atoms with Gasteiger partial charge < -0.3 is 28.7 Å². The Hall–Kier alpha value is -17.5. The molecule has 0 aliphatic heterocycles. The summed E-state index contributed by atoms with van der Waals surface area (Å²) in [4.78, 5) is 70.0. The molecule has 0 radical (unpaired) electrons. The smallest absolute Gasteiger partial charge is 0.150 e. The lowest BCUT2D eigenvalue weighted by Crippen LogP contribution is -2.15. The van der Waals surface area contributed by atoms with Gasteiger partial charge in [0.25, 0.3) is 0 Å². The van der Waals surface area contributed by atoms with Crippen LogP contribution in [0.2, 0.25) is 25.1 Å². The topological polar surface area (TPSA) is 413 Å². The van der Waals surface area contributed by atoms with Crippen LogP contribution in [0, 0.1) is 11.8 Å². The van der Waals surface area contributed by atoms with E-state index >= 15 is 0 Å². The molecule has 0 amide bonds. The molecule has 0 bridgehead atoms. The summed E-state index contributed by atoms with van der Waals surface area (Å²) in [6, 6.07) is 72.4. The van der Waals surface area contributed by atoms with Gasteiger partial charge in [-0.15, -0.1) is 5.92 Å². The van der Waals surface area contributed by atoms with Crippen LogP contribution in [-0.4, -0.2) is 124 Å². The molecule has 147 heavy (non-hydrogen) atoms. The van der Waals surface area contributed by atoms with Crippen molar-refractivity contribution in [2.75, 3.05) is 28.7 Å². The molecule has 10 N–H and O–H groups in total. The van der Waals surface area contributed by atoms with Crippen LogP contribution in [-0.2, 0) is 41.7 Å². The Morgan fingerprint density at radius 2 is 0.558 bits per heavy atom. The normalized spacial score (nSPS) is 12.2. The summed E-state index contributed by atoms with van der Waals surface area (Å²) in [6.07, 6.45) is 24.0. The average molecular weight is 2030 g/mol. The first kappa shape index (κ1) is 95.7. The maximum absolute atomic E-state index is 6.61. The lowest BCUT2D eigenvalue weighted by molar-refractivity contribution is 0.412. The van der Waals surface area contributed by atoms with E-state index in [4.69, 9.17) is 127 Å². The third-order valence-corrected chi connectivity index (χ3v) is 26.6. The molecule has 15 heterocycles. The molecule has 722 valence electrons. The molecule has 2 aliphatic rings. The fraction of sp³-hybridized carbons (Fsp3) is 0.125. The molecule has 8 aromatic carbocycles. The minimum atomic E-state index is 0.341. The Balaban J connectivity index is 0.000000108. The molecule has 35 heteroatoms. The molecule has 15 aromatic heterocycles. The molecule has 2 aliphatic carbocycles. The third kappa shape index (κ3) is 20.2. The summed E-state index contributed by atoms with van der Waals surface area (Å²) >= 11 is 32.7. The van der Waals surface area contributed by atoms with E-state index in [1.165, 1.54) is 6.42 Å². The predicted octanol–water partition coefficient (Wildman–Crippen LogP) is 23.8. The predicted molar refractivity (Wildman–Crippen MR) is 586 cm³/mol. The zero-order chi connectivity index (χ0) is 101. The number of nitrogen functional groups attached to an aromatic ring is 5. The molecule has 2 saturated carbocycles. The number of aromatic nitrogens is 25. The van der Waals surface area contributed by atoms with Crippen LogP contribution in [0.3, 0.4) is 0 Å². The van der Waals surface area contributed by atoms with Crippen LogP contribution in [0.1, 0.15) is 67.9 Å². The zero-order valence-corrected chi connectivity index (χ0v) is 83.8. The van der Waals surface area contributed by atoms with Crippen LogP contribution in [0.25, 0.3) is 201 Å². The Morgan fingerprint density at radius 1 is 0.265 bits per heavy atom. The fourth-order valence-corrected chi connectivity index (χ4v) is 19.0. The quantitative estimate of drug-likeness (QED) is 0.0595. The number of halogens is 5. The molecule has 2 fully saturated rings. The zero-order valence-electron chi connectivity index (χ0n) is 80.0. The summed E-state index contributed by atoms with van der Waals surface area (Å²) in [5, 5.41) is 32.3. The molecule has 0 unspecified atom stereocenters. The van der Waals surface area contributed by atoms with Gasteiger partial charge in [0.05, 0.1) is 105 Å². The van der Waals surface area contributed by atoms with Gasteiger partial charge in [0.2, 0.25) is 0 Å². The molecule has 25 rings (SSSR count). The van der Waals surface area contributed by atoms with Gasteiger partial charge in [0.15, 0.2) is 11.6 Å².